The number of esters is 2. The van der Waals surface area contributed by atoms with E-state index >= 15 is 0 Å². The zero-order valence-electron chi connectivity index (χ0n) is 70.6. The Labute approximate surface area is 825 Å². The van der Waals surface area contributed by atoms with Crippen molar-refractivity contribution in [3.8, 4) is 0 Å². The van der Waals surface area contributed by atoms with Gasteiger partial charge in [-0.15, -0.1) is 34.0 Å². The van der Waals surface area contributed by atoms with Crippen LogP contribution in [0.15, 0.2) is 206 Å². The topological polar surface area (TPSA) is 492 Å². The van der Waals surface area contributed by atoms with Crippen LogP contribution < -0.4 is 64.7 Å². The predicted octanol–water partition coefficient (Wildman–Crippen LogP) is 11.3. The van der Waals surface area contributed by atoms with Crippen LogP contribution in [0.4, 0.5) is 0 Å². The number of ether oxygens (including phenoxy) is 2. The third-order valence-electron chi connectivity index (χ3n) is 16.3. The van der Waals surface area contributed by atoms with E-state index in [0.717, 1.165) is 143 Å². The molecule has 672 valence electrons. The maximum Gasteiger partial charge on any atom is 1.00 e. The summed E-state index contributed by atoms with van der Waals surface area (Å²) in [6, 6.07) is 70.0. The van der Waals surface area contributed by atoms with Crippen molar-refractivity contribution in [1.29, 1.82) is 43.3 Å². The summed E-state index contributed by atoms with van der Waals surface area (Å²) in [6.07, 6.45) is 15.1. The largest absolute Gasteiger partial charge is 1.00 e. The Balaban J connectivity index is -0.000000320. The number of alkyl halides is 2. The molecule has 8 rings (SSSR count). The minimum atomic E-state index is -0.277. The van der Waals surface area contributed by atoms with Gasteiger partial charge in [0.15, 0.2) is 32.9 Å². The summed E-state index contributed by atoms with van der Waals surface area (Å²) in [7, 11) is 2.71. The summed E-state index contributed by atoms with van der Waals surface area (Å²) in [5, 5.41) is 79.9. The minimum absolute atomic E-state index is 0. The van der Waals surface area contributed by atoms with Gasteiger partial charge in [0.2, 0.25) is 0 Å². The molecule has 0 bridgehead atoms. The van der Waals surface area contributed by atoms with E-state index < -0.39 is 0 Å². The molecule has 123 heavy (non-hydrogen) atoms. The summed E-state index contributed by atoms with van der Waals surface area (Å²) in [5.74, 6) is 2.54. The van der Waals surface area contributed by atoms with E-state index in [1.165, 1.54) is 105 Å². The van der Waals surface area contributed by atoms with Crippen LogP contribution in [-0.2, 0) is 109 Å². The number of hydrogen-bond acceptors (Lipinski definition) is 17. The number of amidine groups is 8. The Morgan fingerprint density at radius 1 is 0.341 bits per heavy atom. The van der Waals surface area contributed by atoms with Gasteiger partial charge in [-0.25, -0.2) is 0 Å². The molecule has 0 radical (unpaired) electrons. The Bertz CT molecular complexity index is 3640. The zero-order valence-corrected chi connectivity index (χ0v) is 83.8. The molecule has 0 amide bonds. The molecule has 34 heteroatoms. The average molecular weight is 2210 g/mol. The normalized spacial score (nSPS) is 9.61. The number of aliphatic hydroxyl groups excluding tert-OH is 2. The van der Waals surface area contributed by atoms with Crippen molar-refractivity contribution >= 4 is 217 Å². The first-order valence-corrected chi connectivity index (χ1v) is 49.6. The van der Waals surface area contributed by atoms with E-state index in [4.69, 9.17) is 99.4 Å². The second kappa shape index (κ2) is 83.0. The first-order chi connectivity index (χ1) is 56.7. The van der Waals surface area contributed by atoms with Crippen molar-refractivity contribution in [2.24, 2.45) is 45.9 Å². The Kier molecular flexibility index (Phi) is 84.7. The van der Waals surface area contributed by atoms with Gasteiger partial charge in [-0.05, 0) is 132 Å². The first kappa shape index (κ1) is 126. The second-order valence-electron chi connectivity index (χ2n) is 25.7. The molecule has 0 unspecified atom stereocenters. The second-order valence-corrected chi connectivity index (χ2v) is 37.9. The summed E-state index contributed by atoms with van der Waals surface area (Å²) in [4.78, 5) is 22.0. The van der Waals surface area contributed by atoms with Gasteiger partial charge in [-0.3, -0.25) is 36.6 Å². The molecule has 26 N–H and O–H groups in total. The van der Waals surface area contributed by atoms with Gasteiger partial charge in [0, 0.05) is 54.0 Å². The molecule has 0 aromatic heterocycles. The van der Waals surface area contributed by atoms with Gasteiger partial charge >= 0.3 is 230 Å². The van der Waals surface area contributed by atoms with Gasteiger partial charge in [-0.2, -0.15) is 0 Å². The van der Waals surface area contributed by atoms with Crippen LogP contribution >= 0.6 is 101 Å². The van der Waals surface area contributed by atoms with Crippen molar-refractivity contribution in [2.45, 2.75) is 139 Å². The van der Waals surface area contributed by atoms with Crippen LogP contribution in [-0.4, -0.2) is 181 Å². The quantitative estimate of drug-likeness (QED) is 0.00556. The molecule has 0 spiro atoms. The van der Waals surface area contributed by atoms with Crippen LogP contribution in [0, 0.1) is 43.3 Å². The molecule has 8 aromatic rings. The van der Waals surface area contributed by atoms with Crippen molar-refractivity contribution < 1.29 is 49.6 Å². The van der Waals surface area contributed by atoms with E-state index in [1.54, 1.807) is 24.3 Å². The monoisotopic (exact) mass is 2210 g/mol. The smallest absolute Gasteiger partial charge is 1.00 e. The van der Waals surface area contributed by atoms with Crippen LogP contribution in [0.5, 0.6) is 0 Å². The zero-order chi connectivity index (χ0) is 87.4. The number of halogens is 4. The summed E-state index contributed by atoms with van der Waals surface area (Å²) in [5.41, 5.74) is 59.5. The van der Waals surface area contributed by atoms with E-state index in [1.807, 2.05) is 60.7 Å². The molecule has 0 aliphatic rings. The fourth-order valence-corrected chi connectivity index (χ4v) is 16.1. The van der Waals surface area contributed by atoms with Crippen molar-refractivity contribution in [1.82, 2.24) is 0 Å². The number of methoxy groups -OCH3 is 2. The molecular formula is C89H132AlBr4LiN16O6S3Se3. The van der Waals surface area contributed by atoms with Crippen molar-refractivity contribution in [2.75, 3.05) is 55.4 Å². The molecule has 22 nitrogen and oxygen atoms in total. The summed E-state index contributed by atoms with van der Waals surface area (Å²) >= 11 is 11.5. The van der Waals surface area contributed by atoms with E-state index in [0.29, 0.717) is 39.9 Å². The van der Waals surface area contributed by atoms with E-state index in [9.17, 15) is 9.59 Å². The Hall–Kier alpha value is -5.96. The SMILES string of the molecule is Br.Br.BrCCc1ccc(CCBr)cc1.C.COC(=O)Cc1ccc(CC(=O)OC)cc1.N=C(N)CCCc1ccc(CCCC(=N)N)cc1.N=C(N)SCCc1ccc(CCSC(=N)N)cc1.N=C(N)SCCc1ccccc1.N=C(N)[Se]CCc1ccc(CC[Se]C(=N)N)cc1.N=C(N)[Se]CCc1ccccc1.OCCc1ccc(CCO)cc1.[AlH3].[H-].[Li+]. The van der Waals surface area contributed by atoms with Gasteiger partial charge in [-0.1, -0.05) is 226 Å². The number of rotatable bonds is 41. The number of thioether (sulfide) groups is 3. The van der Waals surface area contributed by atoms with Crippen LogP contribution in [0.3, 0.4) is 0 Å². The van der Waals surface area contributed by atoms with E-state index in [-0.39, 0.29) is 189 Å². The number of aliphatic hydroxyl groups is 2. The van der Waals surface area contributed by atoms with Gasteiger partial charge in [0.1, 0.15) is 0 Å². The van der Waals surface area contributed by atoms with Crippen molar-refractivity contribution in [3.63, 3.8) is 0 Å². The van der Waals surface area contributed by atoms with Gasteiger partial charge < -0.3 is 49.8 Å². The third-order valence-corrected chi connectivity index (χ3v) is 23.7. The minimum Gasteiger partial charge on any atom is -1.00 e. The average Bonchev–Trinajstić information content (AvgIpc) is 0.855. The maximum atomic E-state index is 11.0. The van der Waals surface area contributed by atoms with E-state index in [2.05, 4.69) is 163 Å². The number of carbonyl (C=O) groups excluding carboxylic acids is 2. The molecule has 0 saturated carbocycles. The Morgan fingerprint density at radius 3 is 0.756 bits per heavy atom. The molecule has 0 aliphatic carbocycles. The first-order valence-electron chi connectivity index (χ1n) is 38.2. The number of nitrogens with one attached hydrogen (secondary N) is 8. The fraction of sp³-hybridized carbons (Fsp3) is 0.348. The number of benzene rings is 8. The molecule has 0 aliphatic heterocycles. The van der Waals surface area contributed by atoms with Crippen LogP contribution in [0.2, 0.25) is 16.0 Å². The van der Waals surface area contributed by atoms with Crippen molar-refractivity contribution in [3.05, 3.63) is 284 Å². The Morgan fingerprint density at radius 2 is 0.545 bits per heavy atom. The van der Waals surface area contributed by atoms with Gasteiger partial charge in [0.05, 0.1) is 38.7 Å². The van der Waals surface area contributed by atoms with Crippen LogP contribution in [0.25, 0.3) is 0 Å². The summed E-state index contributed by atoms with van der Waals surface area (Å²) < 4.78 is 10.1. The fourth-order valence-electron chi connectivity index (χ4n) is 10.0. The number of aryl methyl sites for hydroxylation is 10. The molecule has 0 atom stereocenters. The molecule has 0 fully saturated rings. The molecular weight excluding hydrogens is 2080 g/mol. The van der Waals surface area contributed by atoms with Gasteiger partial charge in [0.25, 0.3) is 0 Å². The number of hydrogen-bond donors (Lipinski definition) is 18. The number of nitrogens with two attached hydrogens (primary N) is 8. The maximum absolute atomic E-state index is 11.0. The third kappa shape index (κ3) is 74.8. The standard InChI is InChI=1S/C14H22N4.C12H18N4S2.C12H18N4Se2.C12H14O4.C10H12Br2.C10H14O2.C9H12N2S.C9H12N2Se.CH4.Al.2BrH.Li.4H/c15-13(16)5-1-3-11-7-9-12(10-8-11)4-2-6-14(17)18;2*13-11(14)17-7-5-9-1-2-10(4-3-9)6-8-18-12(15)16;1-15-11(13)7-9-3-5-10(6-4-9)8-12(14)16-2;2*11-7-5-9-1-2-10(4-3-9)6-8-12;2*10-9(11)12-7-6-8-4-2-1-3-5-8;;;;;;;;;/h7-10H,1-6H2,(H3,15,16)(H3,17,18);2*1-4H,5-8H2,(H3,13,14)(H3,15,16);3-6H,7-8H2,1-2H3;1-4H,5-8H2;1-4,11-12H,5-8H2;2*1-5H,6-7H2,(H3,10,11);1H4;;2*1H;;;;;/q;;;;;;;;;;;;+1;;;;-1. The summed E-state index contributed by atoms with van der Waals surface area (Å²) in [6.45, 7) is 0.388. The predicted molar refractivity (Wildman–Crippen MR) is 550 cm³/mol. The van der Waals surface area contributed by atoms with Crippen LogP contribution in [0.1, 0.15) is 112 Å². The molecule has 0 heterocycles. The molecule has 0 saturated heterocycles. The molecule has 8 aromatic carbocycles. The number of carbonyl (C=O) groups is 2.